The highest BCUT2D eigenvalue weighted by molar-refractivity contribution is 6.02. The van der Waals surface area contributed by atoms with Crippen molar-refractivity contribution < 1.29 is 14.5 Å². The van der Waals surface area contributed by atoms with Crippen LogP contribution in [0.3, 0.4) is 0 Å². The Morgan fingerprint density at radius 2 is 1.93 bits per heavy atom. The molecule has 0 spiro atoms. The molecule has 0 fully saturated rings. The lowest BCUT2D eigenvalue weighted by molar-refractivity contribution is -0.384. The van der Waals surface area contributed by atoms with Crippen molar-refractivity contribution in [3.8, 4) is 11.4 Å². The fraction of sp³-hybridized carbons (Fsp3) is 0.158. The number of non-ortho nitro benzene ring substituents is 1. The van der Waals surface area contributed by atoms with E-state index in [1.165, 1.54) is 16.8 Å². The zero-order valence-corrected chi connectivity index (χ0v) is 14.8. The standard InChI is InChI=1S/C19H18N4O4/c1-13(2)27-17-8-6-14(7-9-17)20-19(24)18-10-11-22(21-18)15-4-3-5-16(12-15)23(25)26/h3-13H,1-2H3,(H,20,24). The molecule has 3 aromatic rings. The van der Waals surface area contributed by atoms with Crippen molar-refractivity contribution in [1.29, 1.82) is 0 Å². The van der Waals surface area contributed by atoms with Gasteiger partial charge in [0.25, 0.3) is 11.6 Å². The summed E-state index contributed by atoms with van der Waals surface area (Å²) in [4.78, 5) is 22.8. The highest BCUT2D eigenvalue weighted by atomic mass is 16.6. The second-order valence-corrected chi connectivity index (χ2v) is 6.07. The minimum atomic E-state index is -0.479. The largest absolute Gasteiger partial charge is 0.491 e. The summed E-state index contributed by atoms with van der Waals surface area (Å²) in [6.07, 6.45) is 1.65. The van der Waals surface area contributed by atoms with E-state index in [4.69, 9.17) is 4.74 Å². The van der Waals surface area contributed by atoms with Gasteiger partial charge in [-0.1, -0.05) is 6.07 Å². The monoisotopic (exact) mass is 366 g/mol. The molecule has 0 aliphatic rings. The maximum atomic E-state index is 12.4. The highest BCUT2D eigenvalue weighted by Crippen LogP contribution is 2.19. The van der Waals surface area contributed by atoms with Gasteiger partial charge in [0.1, 0.15) is 5.75 Å². The van der Waals surface area contributed by atoms with Gasteiger partial charge in [-0.15, -0.1) is 0 Å². The summed E-state index contributed by atoms with van der Waals surface area (Å²) in [5, 5.41) is 17.8. The lowest BCUT2D eigenvalue weighted by Gasteiger charge is -2.10. The number of hydrogen-bond donors (Lipinski definition) is 1. The molecule has 1 N–H and O–H groups in total. The van der Waals surface area contributed by atoms with Crippen molar-refractivity contribution in [3.05, 3.63) is 76.6 Å². The summed E-state index contributed by atoms with van der Waals surface area (Å²) in [7, 11) is 0. The molecule has 1 aromatic heterocycles. The number of nitrogens with one attached hydrogen (secondary N) is 1. The molecule has 2 aromatic carbocycles. The molecular formula is C19H18N4O4. The van der Waals surface area contributed by atoms with Crippen LogP contribution >= 0.6 is 0 Å². The lowest BCUT2D eigenvalue weighted by Crippen LogP contribution is -2.13. The molecule has 1 amide bonds. The van der Waals surface area contributed by atoms with Crippen LogP contribution < -0.4 is 10.1 Å². The molecule has 0 atom stereocenters. The highest BCUT2D eigenvalue weighted by Gasteiger charge is 2.12. The number of nitro benzene ring substituents is 1. The topological polar surface area (TPSA) is 99.3 Å². The van der Waals surface area contributed by atoms with Crippen LogP contribution in [0.25, 0.3) is 5.69 Å². The van der Waals surface area contributed by atoms with Gasteiger partial charge in [0.2, 0.25) is 0 Å². The number of carbonyl (C=O) groups excluding carboxylic acids is 1. The van der Waals surface area contributed by atoms with Gasteiger partial charge in [0.15, 0.2) is 5.69 Å². The maximum Gasteiger partial charge on any atom is 0.276 e. The maximum absolute atomic E-state index is 12.4. The van der Waals surface area contributed by atoms with E-state index in [0.717, 1.165) is 5.75 Å². The van der Waals surface area contributed by atoms with E-state index in [-0.39, 0.29) is 23.4 Å². The van der Waals surface area contributed by atoms with Crippen LogP contribution in [0.1, 0.15) is 24.3 Å². The Hall–Kier alpha value is -3.68. The van der Waals surface area contributed by atoms with Crippen LogP contribution in [-0.4, -0.2) is 26.7 Å². The van der Waals surface area contributed by atoms with Crippen LogP contribution in [0, 0.1) is 10.1 Å². The number of benzene rings is 2. The first-order valence-corrected chi connectivity index (χ1v) is 8.31. The summed E-state index contributed by atoms with van der Waals surface area (Å²) in [5.41, 5.74) is 1.26. The Balaban J connectivity index is 1.71. The van der Waals surface area contributed by atoms with Crippen molar-refractivity contribution >= 4 is 17.3 Å². The predicted molar refractivity (Wildman–Crippen MR) is 100 cm³/mol. The summed E-state index contributed by atoms with van der Waals surface area (Å²) in [6.45, 7) is 3.88. The smallest absolute Gasteiger partial charge is 0.276 e. The van der Waals surface area contributed by atoms with Crippen LogP contribution in [-0.2, 0) is 0 Å². The zero-order chi connectivity index (χ0) is 19.4. The first kappa shape index (κ1) is 18.1. The van der Waals surface area contributed by atoms with Crippen molar-refractivity contribution in [3.63, 3.8) is 0 Å². The molecule has 1 heterocycles. The van der Waals surface area contributed by atoms with E-state index in [0.29, 0.717) is 11.4 Å². The Morgan fingerprint density at radius 1 is 1.19 bits per heavy atom. The van der Waals surface area contributed by atoms with E-state index in [9.17, 15) is 14.9 Å². The molecule has 0 saturated heterocycles. The molecule has 0 bridgehead atoms. The average molecular weight is 366 g/mol. The molecule has 8 nitrogen and oxygen atoms in total. The molecule has 0 radical (unpaired) electrons. The number of amides is 1. The summed E-state index contributed by atoms with van der Waals surface area (Å²) >= 11 is 0. The molecule has 8 heteroatoms. The van der Waals surface area contributed by atoms with Crippen molar-refractivity contribution in [1.82, 2.24) is 9.78 Å². The second kappa shape index (κ2) is 7.69. The third kappa shape index (κ3) is 4.49. The Morgan fingerprint density at radius 3 is 2.59 bits per heavy atom. The van der Waals surface area contributed by atoms with Crippen LogP contribution in [0.5, 0.6) is 5.75 Å². The molecule has 27 heavy (non-hydrogen) atoms. The molecule has 0 unspecified atom stereocenters. The number of rotatable bonds is 6. The van der Waals surface area contributed by atoms with Gasteiger partial charge < -0.3 is 10.1 Å². The van der Waals surface area contributed by atoms with Gasteiger partial charge in [0.05, 0.1) is 16.7 Å². The van der Waals surface area contributed by atoms with Crippen LogP contribution in [0.2, 0.25) is 0 Å². The van der Waals surface area contributed by atoms with Crippen molar-refractivity contribution in [2.24, 2.45) is 0 Å². The summed E-state index contributed by atoms with van der Waals surface area (Å²) in [5.74, 6) is 0.342. The second-order valence-electron chi connectivity index (χ2n) is 6.07. The average Bonchev–Trinajstić information content (AvgIpc) is 3.13. The van der Waals surface area contributed by atoms with E-state index < -0.39 is 4.92 Å². The number of anilines is 1. The zero-order valence-electron chi connectivity index (χ0n) is 14.8. The number of nitrogens with zero attached hydrogens (tertiary/aromatic N) is 3. The SMILES string of the molecule is CC(C)Oc1ccc(NC(=O)c2ccn(-c3cccc([N+](=O)[O-])c3)n2)cc1. The summed E-state index contributed by atoms with van der Waals surface area (Å²) in [6, 6.07) is 14.6. The molecule has 138 valence electrons. The van der Waals surface area contributed by atoms with Gasteiger partial charge in [-0.05, 0) is 50.2 Å². The molecule has 3 rings (SSSR count). The third-order valence-corrected chi connectivity index (χ3v) is 3.61. The molecular weight excluding hydrogens is 348 g/mol. The predicted octanol–water partition coefficient (Wildman–Crippen LogP) is 3.82. The minimum absolute atomic E-state index is 0.0438. The quantitative estimate of drug-likeness (QED) is 0.528. The minimum Gasteiger partial charge on any atom is -0.491 e. The third-order valence-electron chi connectivity index (χ3n) is 3.61. The fourth-order valence-electron chi connectivity index (χ4n) is 2.42. The van der Waals surface area contributed by atoms with E-state index in [1.54, 1.807) is 48.7 Å². The van der Waals surface area contributed by atoms with Gasteiger partial charge in [0, 0.05) is 24.0 Å². The van der Waals surface area contributed by atoms with E-state index in [2.05, 4.69) is 10.4 Å². The number of carbonyl (C=O) groups is 1. The summed E-state index contributed by atoms with van der Waals surface area (Å²) < 4.78 is 6.98. The van der Waals surface area contributed by atoms with Crippen LogP contribution in [0.15, 0.2) is 60.8 Å². The molecule has 0 aliphatic carbocycles. The normalized spacial score (nSPS) is 10.6. The lowest BCUT2D eigenvalue weighted by atomic mass is 10.3. The van der Waals surface area contributed by atoms with Gasteiger partial charge in [-0.25, -0.2) is 4.68 Å². The van der Waals surface area contributed by atoms with E-state index >= 15 is 0 Å². The van der Waals surface area contributed by atoms with Crippen LogP contribution in [0.4, 0.5) is 11.4 Å². The fourth-order valence-corrected chi connectivity index (χ4v) is 2.42. The number of ether oxygens (including phenoxy) is 1. The first-order chi connectivity index (χ1) is 12.9. The molecule has 0 aliphatic heterocycles. The first-order valence-electron chi connectivity index (χ1n) is 8.31. The van der Waals surface area contributed by atoms with E-state index in [1.807, 2.05) is 13.8 Å². The Kier molecular flexibility index (Phi) is 5.16. The number of hydrogen-bond acceptors (Lipinski definition) is 5. The molecule has 0 saturated carbocycles. The van der Waals surface area contributed by atoms with Gasteiger partial charge in [-0.2, -0.15) is 5.10 Å². The van der Waals surface area contributed by atoms with Crippen molar-refractivity contribution in [2.75, 3.05) is 5.32 Å². The van der Waals surface area contributed by atoms with Gasteiger partial charge in [-0.3, -0.25) is 14.9 Å². The van der Waals surface area contributed by atoms with Gasteiger partial charge >= 0.3 is 0 Å². The van der Waals surface area contributed by atoms with Crippen molar-refractivity contribution in [2.45, 2.75) is 20.0 Å². The Labute approximate surface area is 155 Å². The number of aromatic nitrogens is 2. The number of nitro groups is 1. The Bertz CT molecular complexity index is 964.